The lowest BCUT2D eigenvalue weighted by Crippen LogP contribution is -2.28. The summed E-state index contributed by atoms with van der Waals surface area (Å²) in [6.07, 6.45) is 0. The highest BCUT2D eigenvalue weighted by atomic mass is 32.2. The van der Waals surface area contributed by atoms with Crippen LogP contribution in [0.4, 0.5) is 17.6 Å². The SMILES string of the molecule is NS(=O)(=O)c1ccc2c(C(=O)c3ccc(F)cc3)c(OS(=O)(=O)C(F)(F)F)ccc2c1. The Hall–Kier alpha value is -3.03. The Bertz CT molecular complexity index is 1400. The van der Waals surface area contributed by atoms with Gasteiger partial charge in [-0.15, -0.1) is 0 Å². The van der Waals surface area contributed by atoms with Gasteiger partial charge >= 0.3 is 15.6 Å². The van der Waals surface area contributed by atoms with Gasteiger partial charge in [-0.05, 0) is 53.2 Å². The molecule has 0 bridgehead atoms. The van der Waals surface area contributed by atoms with Gasteiger partial charge in [-0.3, -0.25) is 4.79 Å². The number of sulfonamides is 1. The maximum absolute atomic E-state index is 13.2. The minimum atomic E-state index is -6.12. The van der Waals surface area contributed by atoms with Crippen molar-refractivity contribution in [3.8, 4) is 5.75 Å². The number of hydrogen-bond donors (Lipinski definition) is 1. The summed E-state index contributed by atoms with van der Waals surface area (Å²) < 4.78 is 102. The largest absolute Gasteiger partial charge is 0.534 e. The molecule has 0 radical (unpaired) electrons. The average Bonchev–Trinajstić information content (AvgIpc) is 2.65. The van der Waals surface area contributed by atoms with Crippen LogP contribution < -0.4 is 9.32 Å². The van der Waals surface area contributed by atoms with Crippen LogP contribution in [0.25, 0.3) is 10.8 Å². The summed E-state index contributed by atoms with van der Waals surface area (Å²) in [5.74, 6) is -2.62. The molecule has 0 aliphatic carbocycles. The zero-order valence-electron chi connectivity index (χ0n) is 15.1. The van der Waals surface area contributed by atoms with Crippen LogP contribution >= 0.6 is 0 Å². The molecule has 2 N–H and O–H groups in total. The van der Waals surface area contributed by atoms with E-state index in [0.29, 0.717) is 0 Å². The Morgan fingerprint density at radius 3 is 2.06 bits per heavy atom. The Balaban J connectivity index is 2.29. The molecule has 3 rings (SSSR count). The van der Waals surface area contributed by atoms with E-state index >= 15 is 0 Å². The predicted octanol–water partition coefficient (Wildman–Crippen LogP) is 3.09. The van der Waals surface area contributed by atoms with Gasteiger partial charge in [0.05, 0.1) is 10.5 Å². The third kappa shape index (κ3) is 4.52. The highest BCUT2D eigenvalue weighted by Gasteiger charge is 2.49. The number of nitrogens with two attached hydrogens (primary N) is 1. The zero-order chi connectivity index (χ0) is 23.2. The molecular formula is C18H11F4NO6S2. The molecule has 0 aliphatic heterocycles. The average molecular weight is 477 g/mol. The fourth-order valence-electron chi connectivity index (χ4n) is 2.68. The third-order valence-electron chi connectivity index (χ3n) is 4.10. The summed E-state index contributed by atoms with van der Waals surface area (Å²) in [6.45, 7) is 0. The molecule has 13 heteroatoms. The number of alkyl halides is 3. The van der Waals surface area contributed by atoms with Crippen molar-refractivity contribution in [1.82, 2.24) is 0 Å². The topological polar surface area (TPSA) is 121 Å². The summed E-state index contributed by atoms with van der Waals surface area (Å²) in [5.41, 5.74) is -6.55. The molecule has 3 aromatic carbocycles. The normalized spacial score (nSPS) is 12.7. The van der Waals surface area contributed by atoms with Crippen molar-refractivity contribution in [2.45, 2.75) is 10.4 Å². The van der Waals surface area contributed by atoms with Crippen LogP contribution in [0.15, 0.2) is 59.5 Å². The van der Waals surface area contributed by atoms with Crippen LogP contribution in [0.1, 0.15) is 15.9 Å². The second-order valence-corrected chi connectivity index (χ2v) is 9.29. The van der Waals surface area contributed by atoms with Crippen molar-refractivity contribution in [2.24, 2.45) is 5.14 Å². The predicted molar refractivity (Wildman–Crippen MR) is 101 cm³/mol. The van der Waals surface area contributed by atoms with Crippen molar-refractivity contribution in [2.75, 3.05) is 0 Å². The van der Waals surface area contributed by atoms with Gasteiger partial charge in [-0.2, -0.15) is 21.6 Å². The summed E-state index contributed by atoms with van der Waals surface area (Å²) in [4.78, 5) is 12.6. The Morgan fingerprint density at radius 1 is 0.903 bits per heavy atom. The lowest BCUT2D eigenvalue weighted by Gasteiger charge is -2.15. The zero-order valence-corrected chi connectivity index (χ0v) is 16.7. The first-order valence-electron chi connectivity index (χ1n) is 8.11. The molecule has 31 heavy (non-hydrogen) atoms. The van der Waals surface area contributed by atoms with Gasteiger partial charge in [0.1, 0.15) is 5.82 Å². The second kappa shape index (κ2) is 7.59. The van der Waals surface area contributed by atoms with E-state index in [4.69, 9.17) is 5.14 Å². The quantitative estimate of drug-likeness (QED) is 0.261. The van der Waals surface area contributed by atoms with Gasteiger partial charge in [0.25, 0.3) is 0 Å². The van der Waals surface area contributed by atoms with Crippen LogP contribution in [-0.4, -0.2) is 28.1 Å². The van der Waals surface area contributed by atoms with Gasteiger partial charge in [0.15, 0.2) is 11.5 Å². The molecule has 0 heterocycles. The molecular weight excluding hydrogens is 466 g/mol. The summed E-state index contributed by atoms with van der Waals surface area (Å²) in [7, 11) is -10.3. The molecule has 164 valence electrons. The third-order valence-corrected chi connectivity index (χ3v) is 5.97. The second-order valence-electron chi connectivity index (χ2n) is 6.19. The number of ketones is 1. The van der Waals surface area contributed by atoms with E-state index in [1.807, 2.05) is 0 Å². The van der Waals surface area contributed by atoms with Crippen molar-refractivity contribution >= 4 is 36.7 Å². The van der Waals surface area contributed by atoms with Gasteiger partial charge in [0, 0.05) is 5.56 Å². The maximum Gasteiger partial charge on any atom is 0.534 e. The number of benzene rings is 3. The Kier molecular flexibility index (Phi) is 5.54. The number of rotatable bonds is 5. The number of fused-ring (bicyclic) bond motifs is 1. The minimum Gasteiger partial charge on any atom is -0.375 e. The van der Waals surface area contributed by atoms with Gasteiger partial charge < -0.3 is 4.18 Å². The summed E-state index contributed by atoms with van der Waals surface area (Å²) >= 11 is 0. The molecule has 0 amide bonds. The van der Waals surface area contributed by atoms with Crippen molar-refractivity contribution in [3.05, 3.63) is 71.5 Å². The van der Waals surface area contributed by atoms with Crippen LogP contribution in [0.3, 0.4) is 0 Å². The van der Waals surface area contributed by atoms with Gasteiger partial charge in [-0.1, -0.05) is 12.1 Å². The van der Waals surface area contributed by atoms with E-state index in [-0.39, 0.29) is 21.2 Å². The number of primary sulfonamides is 1. The van der Waals surface area contributed by atoms with E-state index in [2.05, 4.69) is 4.18 Å². The lowest BCUT2D eigenvalue weighted by molar-refractivity contribution is -0.0500. The van der Waals surface area contributed by atoms with E-state index in [1.54, 1.807) is 0 Å². The number of hydrogen-bond acceptors (Lipinski definition) is 6. The van der Waals surface area contributed by atoms with Crippen molar-refractivity contribution in [1.29, 1.82) is 0 Å². The maximum atomic E-state index is 13.2. The van der Waals surface area contributed by atoms with E-state index in [0.717, 1.165) is 54.6 Å². The van der Waals surface area contributed by atoms with Crippen LogP contribution in [0.2, 0.25) is 0 Å². The van der Waals surface area contributed by atoms with Crippen LogP contribution in [0, 0.1) is 5.82 Å². The first kappa shape index (κ1) is 22.7. The van der Waals surface area contributed by atoms with Gasteiger partial charge in [-0.25, -0.2) is 17.9 Å². The van der Waals surface area contributed by atoms with Crippen molar-refractivity contribution < 1.29 is 43.4 Å². The monoisotopic (exact) mass is 477 g/mol. The molecule has 3 aromatic rings. The van der Waals surface area contributed by atoms with Crippen molar-refractivity contribution in [3.63, 3.8) is 0 Å². The Labute approximate surface area is 173 Å². The van der Waals surface area contributed by atoms with Gasteiger partial charge in [0.2, 0.25) is 10.0 Å². The highest BCUT2D eigenvalue weighted by molar-refractivity contribution is 7.89. The van der Waals surface area contributed by atoms with Crippen LogP contribution in [0.5, 0.6) is 5.75 Å². The molecule has 0 spiro atoms. The summed E-state index contributed by atoms with van der Waals surface area (Å²) in [6, 6.07) is 8.86. The number of carbonyl (C=O) groups excluding carboxylic acids is 1. The molecule has 7 nitrogen and oxygen atoms in total. The molecule has 0 saturated heterocycles. The fourth-order valence-corrected chi connectivity index (χ4v) is 3.70. The smallest absolute Gasteiger partial charge is 0.375 e. The standard InChI is InChI=1S/C18H11F4NO6S2/c19-12-4-1-10(2-5-12)17(24)16-14-7-6-13(30(23,25)26)9-11(14)3-8-15(16)29-31(27,28)18(20,21)22/h1-9H,(H2,23,25,26). The first-order chi connectivity index (χ1) is 14.2. The minimum absolute atomic E-state index is 0.0498. The molecule has 0 unspecified atom stereocenters. The number of carbonyl (C=O) groups is 1. The van der Waals surface area contributed by atoms with E-state index in [9.17, 15) is 39.2 Å². The Morgan fingerprint density at radius 2 is 1.52 bits per heavy atom. The lowest BCUT2D eigenvalue weighted by atomic mass is 9.96. The van der Waals surface area contributed by atoms with E-state index in [1.165, 1.54) is 0 Å². The fraction of sp³-hybridized carbons (Fsp3) is 0.0556. The highest BCUT2D eigenvalue weighted by Crippen LogP contribution is 2.35. The molecule has 0 atom stereocenters. The molecule has 0 saturated carbocycles. The molecule has 0 aromatic heterocycles. The van der Waals surface area contributed by atoms with Crippen LogP contribution in [-0.2, 0) is 20.1 Å². The molecule has 0 aliphatic rings. The first-order valence-corrected chi connectivity index (χ1v) is 11.1. The number of halogens is 4. The van der Waals surface area contributed by atoms with E-state index < -0.39 is 48.6 Å². The molecule has 0 fully saturated rings. The summed E-state index contributed by atoms with van der Waals surface area (Å²) in [5, 5.41) is 4.99.